The monoisotopic (exact) mass is 492 g/mol. The fraction of sp³-hybridized carbons (Fsp3) is 0.500. The predicted octanol–water partition coefficient (Wildman–Crippen LogP) is 5.33. The molecule has 4 rings (SSSR count). The fourth-order valence-electron chi connectivity index (χ4n) is 5.26. The van der Waals surface area contributed by atoms with Crippen molar-refractivity contribution < 1.29 is 32.9 Å². The van der Waals surface area contributed by atoms with Crippen LogP contribution in [-0.2, 0) is 0 Å². The van der Waals surface area contributed by atoms with E-state index in [2.05, 4.69) is 9.64 Å². The first kappa shape index (κ1) is 25.3. The molecule has 1 saturated heterocycles. The normalized spacial score (nSPS) is 19.8. The lowest BCUT2D eigenvalue weighted by Gasteiger charge is -2.43. The summed E-state index contributed by atoms with van der Waals surface area (Å²) in [6, 6.07) is 13.5. The van der Waals surface area contributed by atoms with E-state index < -0.39 is 18.1 Å². The van der Waals surface area contributed by atoms with Crippen molar-refractivity contribution in [3.8, 4) is 16.9 Å². The molecule has 190 valence electrons. The summed E-state index contributed by atoms with van der Waals surface area (Å²) in [6.45, 7) is 2.73. The minimum atomic E-state index is -4.75. The highest BCUT2D eigenvalue weighted by atomic mass is 19.4. The van der Waals surface area contributed by atoms with Crippen LogP contribution in [0.4, 0.5) is 18.0 Å². The van der Waals surface area contributed by atoms with Gasteiger partial charge in [-0.3, -0.25) is 4.90 Å². The van der Waals surface area contributed by atoms with E-state index in [4.69, 9.17) is 0 Å². The number of carboxylic acid groups (broad SMARTS) is 1. The van der Waals surface area contributed by atoms with Gasteiger partial charge in [-0.1, -0.05) is 55.7 Å². The maximum atomic E-state index is 12.6. The van der Waals surface area contributed by atoms with Gasteiger partial charge < -0.3 is 19.8 Å². The minimum Gasteiger partial charge on any atom is -0.465 e. The molecule has 1 saturated carbocycles. The van der Waals surface area contributed by atoms with Gasteiger partial charge in [0.1, 0.15) is 5.75 Å². The molecule has 0 aromatic heterocycles. The van der Waals surface area contributed by atoms with Gasteiger partial charge in [-0.2, -0.15) is 0 Å². The molecule has 1 aliphatic heterocycles. The Morgan fingerprint density at radius 3 is 2.23 bits per heavy atom. The quantitative estimate of drug-likeness (QED) is 0.571. The van der Waals surface area contributed by atoms with Gasteiger partial charge in [0.2, 0.25) is 0 Å². The number of carbonyl (C=O) groups is 1. The second-order valence-corrected chi connectivity index (χ2v) is 9.48. The highest BCUT2D eigenvalue weighted by Gasteiger charge is 2.40. The summed E-state index contributed by atoms with van der Waals surface area (Å²) in [5.74, 6) is -0.415. The number of halogens is 3. The van der Waals surface area contributed by atoms with Crippen LogP contribution in [0.15, 0.2) is 48.5 Å². The van der Waals surface area contributed by atoms with Crippen LogP contribution in [-0.4, -0.2) is 70.8 Å². The molecule has 35 heavy (non-hydrogen) atoms. The van der Waals surface area contributed by atoms with Gasteiger partial charge in [-0.05, 0) is 41.7 Å². The van der Waals surface area contributed by atoms with Gasteiger partial charge in [-0.25, -0.2) is 4.79 Å². The molecular formula is C26H31F3N2O4. The highest BCUT2D eigenvalue weighted by Crippen LogP contribution is 2.41. The zero-order chi connectivity index (χ0) is 25.1. The van der Waals surface area contributed by atoms with Crippen LogP contribution in [0.5, 0.6) is 5.75 Å². The Balaban J connectivity index is 1.54. The molecule has 2 aliphatic rings. The lowest BCUT2D eigenvalue weighted by Crippen LogP contribution is -2.51. The van der Waals surface area contributed by atoms with Crippen molar-refractivity contribution in [2.75, 3.05) is 32.7 Å². The molecule has 0 spiro atoms. The lowest BCUT2D eigenvalue weighted by atomic mass is 9.72. The van der Waals surface area contributed by atoms with E-state index in [0.29, 0.717) is 51.1 Å². The number of amides is 1. The van der Waals surface area contributed by atoms with Crippen molar-refractivity contribution in [3.05, 3.63) is 54.1 Å². The summed E-state index contributed by atoms with van der Waals surface area (Å²) in [5, 5.41) is 20.9. The van der Waals surface area contributed by atoms with Crippen molar-refractivity contribution in [1.82, 2.24) is 9.80 Å². The molecule has 6 nitrogen and oxygen atoms in total. The third-order valence-electron chi connectivity index (χ3n) is 7.17. The zero-order valence-electron chi connectivity index (χ0n) is 19.5. The molecule has 0 bridgehead atoms. The number of rotatable bonds is 6. The summed E-state index contributed by atoms with van der Waals surface area (Å²) >= 11 is 0. The first-order valence-corrected chi connectivity index (χ1v) is 12.0. The van der Waals surface area contributed by atoms with Gasteiger partial charge >= 0.3 is 12.5 Å². The molecule has 1 heterocycles. The summed E-state index contributed by atoms with van der Waals surface area (Å²) in [6.07, 6.45) is -1.21. The van der Waals surface area contributed by atoms with Crippen molar-refractivity contribution in [3.63, 3.8) is 0 Å². The smallest absolute Gasteiger partial charge is 0.465 e. The Hall–Kier alpha value is -2.78. The number of benzene rings is 2. The second kappa shape index (κ2) is 10.5. The van der Waals surface area contributed by atoms with Crippen molar-refractivity contribution >= 4 is 6.09 Å². The molecule has 1 amide bonds. The van der Waals surface area contributed by atoms with E-state index >= 15 is 0 Å². The maximum absolute atomic E-state index is 12.6. The molecule has 2 N–H and O–H groups in total. The van der Waals surface area contributed by atoms with Crippen LogP contribution in [0.2, 0.25) is 0 Å². The standard InChI is InChI=1S/C26H31F3N2O4/c27-26(28,29)35-22-6-4-5-21(17-22)19-7-9-20(10-8-19)23(25(34)11-2-1-3-12-25)18-30-13-15-31(16-14-30)24(32)33/h4-10,17,23,34H,1-3,11-16,18H2,(H,32,33). The molecule has 1 aliphatic carbocycles. The van der Waals surface area contributed by atoms with Gasteiger partial charge in [0, 0.05) is 38.6 Å². The Kier molecular flexibility index (Phi) is 7.56. The Labute approximate surface area is 202 Å². The zero-order valence-corrected chi connectivity index (χ0v) is 19.5. The number of hydrogen-bond donors (Lipinski definition) is 2. The molecule has 1 atom stereocenters. The predicted molar refractivity (Wildman–Crippen MR) is 125 cm³/mol. The van der Waals surface area contributed by atoms with E-state index in [-0.39, 0.29) is 11.7 Å². The molecular weight excluding hydrogens is 461 g/mol. The topological polar surface area (TPSA) is 73.2 Å². The van der Waals surface area contributed by atoms with E-state index in [1.807, 2.05) is 24.3 Å². The Morgan fingerprint density at radius 2 is 1.63 bits per heavy atom. The minimum absolute atomic E-state index is 0.145. The van der Waals surface area contributed by atoms with Crippen LogP contribution in [0.3, 0.4) is 0 Å². The average molecular weight is 493 g/mol. The largest absolute Gasteiger partial charge is 0.573 e. The lowest BCUT2D eigenvalue weighted by molar-refractivity contribution is -0.274. The van der Waals surface area contributed by atoms with Crippen LogP contribution in [0.25, 0.3) is 11.1 Å². The first-order valence-electron chi connectivity index (χ1n) is 12.0. The van der Waals surface area contributed by atoms with Crippen molar-refractivity contribution in [2.24, 2.45) is 0 Å². The van der Waals surface area contributed by atoms with Crippen molar-refractivity contribution in [2.45, 2.75) is 50.0 Å². The SMILES string of the molecule is O=C(O)N1CCN(CC(c2ccc(-c3cccc(OC(F)(F)F)c3)cc2)C2(O)CCCCC2)CC1. The second-order valence-electron chi connectivity index (χ2n) is 9.48. The number of hydrogen-bond acceptors (Lipinski definition) is 4. The number of piperazine rings is 1. The van der Waals surface area contributed by atoms with E-state index in [0.717, 1.165) is 30.4 Å². The Morgan fingerprint density at radius 1 is 0.971 bits per heavy atom. The Bertz CT molecular complexity index is 998. The highest BCUT2D eigenvalue weighted by molar-refractivity contribution is 5.66. The number of aliphatic hydroxyl groups is 1. The van der Waals surface area contributed by atoms with E-state index in [1.165, 1.54) is 23.1 Å². The summed E-state index contributed by atoms with van der Waals surface area (Å²) in [4.78, 5) is 14.9. The summed E-state index contributed by atoms with van der Waals surface area (Å²) in [7, 11) is 0. The average Bonchev–Trinajstić information content (AvgIpc) is 2.82. The van der Waals surface area contributed by atoms with Crippen molar-refractivity contribution in [1.29, 1.82) is 0 Å². The number of nitrogens with zero attached hydrogens (tertiary/aromatic N) is 2. The number of ether oxygens (including phenoxy) is 1. The molecule has 2 aromatic carbocycles. The van der Waals surface area contributed by atoms with E-state index in [9.17, 15) is 28.2 Å². The number of alkyl halides is 3. The van der Waals surface area contributed by atoms with Crippen LogP contribution >= 0.6 is 0 Å². The van der Waals surface area contributed by atoms with Crippen LogP contribution < -0.4 is 4.74 Å². The first-order chi connectivity index (χ1) is 16.6. The molecule has 0 radical (unpaired) electrons. The van der Waals surface area contributed by atoms with Gasteiger partial charge in [0.15, 0.2) is 0 Å². The maximum Gasteiger partial charge on any atom is 0.573 e. The third-order valence-corrected chi connectivity index (χ3v) is 7.17. The summed E-state index contributed by atoms with van der Waals surface area (Å²) in [5.41, 5.74) is 1.49. The molecule has 1 unspecified atom stereocenters. The van der Waals surface area contributed by atoms with Crippen LogP contribution in [0, 0.1) is 0 Å². The van der Waals surface area contributed by atoms with Gasteiger partial charge in [0.25, 0.3) is 0 Å². The molecule has 9 heteroatoms. The van der Waals surface area contributed by atoms with Gasteiger partial charge in [0.05, 0.1) is 5.60 Å². The van der Waals surface area contributed by atoms with Crippen LogP contribution in [0.1, 0.15) is 43.6 Å². The summed E-state index contributed by atoms with van der Waals surface area (Å²) < 4.78 is 41.9. The fourth-order valence-corrected chi connectivity index (χ4v) is 5.26. The van der Waals surface area contributed by atoms with Gasteiger partial charge in [-0.15, -0.1) is 13.2 Å². The molecule has 2 fully saturated rings. The third kappa shape index (κ3) is 6.46. The van der Waals surface area contributed by atoms with E-state index in [1.54, 1.807) is 6.07 Å². The molecule has 2 aromatic rings.